The number of carbonyl (C=O) groups is 1. The normalized spacial score (nSPS) is 18.8. The average molecular weight is 447 g/mol. The van der Waals surface area contributed by atoms with Gasteiger partial charge >= 0.3 is 0 Å². The molecule has 7 nitrogen and oxygen atoms in total. The minimum atomic E-state index is 0.133. The first kappa shape index (κ1) is 22.0. The second-order valence-electron chi connectivity index (χ2n) is 9.75. The number of likely N-dealkylation sites (tertiary alicyclic amines) is 1. The van der Waals surface area contributed by atoms with Gasteiger partial charge in [0, 0.05) is 42.7 Å². The number of nitrogens with one attached hydrogen (secondary N) is 1. The van der Waals surface area contributed by atoms with Gasteiger partial charge < -0.3 is 5.32 Å². The molecular weight excluding hydrogens is 412 g/mol. The van der Waals surface area contributed by atoms with Crippen LogP contribution in [-0.2, 0) is 17.8 Å². The van der Waals surface area contributed by atoms with Crippen LogP contribution in [0.25, 0.3) is 5.65 Å². The first-order chi connectivity index (χ1) is 16.0. The molecule has 0 spiro atoms. The van der Waals surface area contributed by atoms with Gasteiger partial charge in [0.2, 0.25) is 5.91 Å². The molecule has 1 aliphatic carbocycles. The number of fused-ring (bicyclic) bond motifs is 1. The Morgan fingerprint density at radius 1 is 1.15 bits per heavy atom. The first-order valence-corrected chi connectivity index (χ1v) is 12.3. The van der Waals surface area contributed by atoms with Crippen LogP contribution in [0, 0.1) is 26.7 Å². The lowest BCUT2D eigenvalue weighted by Crippen LogP contribution is -2.26. The molecule has 3 aromatic heterocycles. The molecule has 0 bridgehead atoms. The SMILES string of the molecule is Cc1cccc(CN2CCC[C@@H]2c2cc3nc(C)c(CCC(=O)NCC4CC4)c(C)n3n2)n1. The van der Waals surface area contributed by atoms with Crippen molar-refractivity contribution in [3.8, 4) is 0 Å². The van der Waals surface area contributed by atoms with Crippen molar-refractivity contribution in [3.63, 3.8) is 0 Å². The average Bonchev–Trinajstić information content (AvgIpc) is 3.34. The Labute approximate surface area is 195 Å². The van der Waals surface area contributed by atoms with Crippen molar-refractivity contribution in [1.82, 2.24) is 29.8 Å². The van der Waals surface area contributed by atoms with E-state index >= 15 is 0 Å². The lowest BCUT2D eigenvalue weighted by molar-refractivity contribution is -0.121. The molecule has 4 heterocycles. The lowest BCUT2D eigenvalue weighted by Gasteiger charge is -2.22. The Balaban J connectivity index is 1.33. The highest BCUT2D eigenvalue weighted by Crippen LogP contribution is 2.33. The van der Waals surface area contributed by atoms with Crippen molar-refractivity contribution < 1.29 is 4.79 Å². The van der Waals surface area contributed by atoms with Gasteiger partial charge in [0.15, 0.2) is 5.65 Å². The van der Waals surface area contributed by atoms with Gasteiger partial charge in [-0.05, 0) is 83.0 Å². The largest absolute Gasteiger partial charge is 0.356 e. The van der Waals surface area contributed by atoms with Crippen LogP contribution in [0.4, 0.5) is 0 Å². The molecule has 1 N–H and O–H groups in total. The number of carbonyl (C=O) groups excluding carboxylic acids is 1. The Kier molecular flexibility index (Phi) is 6.15. The van der Waals surface area contributed by atoms with E-state index in [1.54, 1.807) is 0 Å². The topological polar surface area (TPSA) is 75.4 Å². The van der Waals surface area contributed by atoms with Crippen molar-refractivity contribution in [2.24, 2.45) is 5.92 Å². The van der Waals surface area contributed by atoms with E-state index in [1.165, 1.54) is 12.8 Å². The van der Waals surface area contributed by atoms with Crippen LogP contribution >= 0.6 is 0 Å². The predicted octanol–water partition coefficient (Wildman–Crippen LogP) is 3.85. The van der Waals surface area contributed by atoms with Crippen molar-refractivity contribution >= 4 is 11.6 Å². The van der Waals surface area contributed by atoms with Crippen LogP contribution < -0.4 is 5.32 Å². The molecule has 1 saturated heterocycles. The summed E-state index contributed by atoms with van der Waals surface area (Å²) in [7, 11) is 0. The summed E-state index contributed by atoms with van der Waals surface area (Å²) in [5.74, 6) is 0.836. The zero-order valence-corrected chi connectivity index (χ0v) is 20.0. The van der Waals surface area contributed by atoms with E-state index in [2.05, 4.69) is 35.3 Å². The van der Waals surface area contributed by atoms with E-state index < -0.39 is 0 Å². The molecule has 33 heavy (non-hydrogen) atoms. The number of hydrogen-bond acceptors (Lipinski definition) is 5. The Hall–Kier alpha value is -2.80. The van der Waals surface area contributed by atoms with Crippen molar-refractivity contribution in [2.75, 3.05) is 13.1 Å². The quantitative estimate of drug-likeness (QED) is 0.569. The molecule has 1 saturated carbocycles. The zero-order valence-electron chi connectivity index (χ0n) is 20.0. The Morgan fingerprint density at radius 3 is 2.79 bits per heavy atom. The predicted molar refractivity (Wildman–Crippen MR) is 128 cm³/mol. The fourth-order valence-electron chi connectivity index (χ4n) is 5.02. The fourth-order valence-corrected chi connectivity index (χ4v) is 5.02. The van der Waals surface area contributed by atoms with Gasteiger partial charge in [0.25, 0.3) is 0 Å². The second-order valence-corrected chi connectivity index (χ2v) is 9.75. The van der Waals surface area contributed by atoms with Crippen molar-refractivity contribution in [2.45, 2.75) is 71.9 Å². The molecular formula is C26H34N6O. The van der Waals surface area contributed by atoms with Crippen LogP contribution in [0.2, 0.25) is 0 Å². The Bertz CT molecular complexity index is 1170. The molecule has 174 valence electrons. The highest BCUT2D eigenvalue weighted by Gasteiger charge is 2.29. The second kappa shape index (κ2) is 9.21. The van der Waals surface area contributed by atoms with E-state index in [0.717, 1.165) is 72.2 Å². The standard InChI is InChI=1S/C26H34N6O/c1-17-6-4-7-21(28-17)16-31-13-5-8-24(31)23-14-25-29-18(2)22(19(3)32(25)30-23)11-12-26(33)27-15-20-9-10-20/h4,6-7,14,20,24H,5,8-13,15-16H2,1-3H3,(H,27,33)/t24-/m1/s1. The summed E-state index contributed by atoms with van der Waals surface area (Å²) in [6.45, 7) is 8.90. The van der Waals surface area contributed by atoms with E-state index in [4.69, 9.17) is 15.1 Å². The van der Waals surface area contributed by atoms with E-state index in [0.29, 0.717) is 18.8 Å². The monoisotopic (exact) mass is 446 g/mol. The number of amides is 1. The van der Waals surface area contributed by atoms with E-state index in [1.807, 2.05) is 24.4 Å². The summed E-state index contributed by atoms with van der Waals surface area (Å²) in [5, 5.41) is 8.06. The third-order valence-corrected chi connectivity index (χ3v) is 7.09. The summed E-state index contributed by atoms with van der Waals surface area (Å²) < 4.78 is 1.97. The highest BCUT2D eigenvalue weighted by atomic mass is 16.1. The zero-order chi connectivity index (χ0) is 22.9. The number of rotatable bonds is 8. The van der Waals surface area contributed by atoms with E-state index in [-0.39, 0.29) is 11.9 Å². The number of pyridine rings is 1. The van der Waals surface area contributed by atoms with Gasteiger partial charge in [0.1, 0.15) is 0 Å². The van der Waals surface area contributed by atoms with Gasteiger partial charge in [-0.15, -0.1) is 0 Å². The molecule has 7 heteroatoms. The minimum absolute atomic E-state index is 0.133. The van der Waals surface area contributed by atoms with Crippen molar-refractivity contribution in [3.05, 3.63) is 58.3 Å². The first-order valence-electron chi connectivity index (χ1n) is 12.3. The summed E-state index contributed by atoms with van der Waals surface area (Å²) in [4.78, 5) is 24.3. The summed E-state index contributed by atoms with van der Waals surface area (Å²) in [5.41, 5.74) is 7.35. The van der Waals surface area contributed by atoms with Gasteiger partial charge in [0.05, 0.1) is 17.4 Å². The number of hydrogen-bond donors (Lipinski definition) is 1. The van der Waals surface area contributed by atoms with Gasteiger partial charge in [-0.1, -0.05) is 6.07 Å². The summed E-state index contributed by atoms with van der Waals surface area (Å²) >= 11 is 0. The number of nitrogens with zero attached hydrogens (tertiary/aromatic N) is 5. The molecule has 2 aliphatic rings. The van der Waals surface area contributed by atoms with Gasteiger partial charge in [-0.2, -0.15) is 5.10 Å². The molecule has 1 aliphatic heterocycles. The molecule has 0 aromatic carbocycles. The van der Waals surface area contributed by atoms with Gasteiger partial charge in [-0.3, -0.25) is 14.7 Å². The van der Waals surface area contributed by atoms with Gasteiger partial charge in [-0.25, -0.2) is 9.50 Å². The number of aryl methyl sites for hydroxylation is 3. The molecule has 5 rings (SSSR count). The van der Waals surface area contributed by atoms with E-state index in [9.17, 15) is 4.79 Å². The molecule has 3 aromatic rings. The lowest BCUT2D eigenvalue weighted by atomic mass is 10.1. The maximum Gasteiger partial charge on any atom is 0.220 e. The van der Waals surface area contributed by atoms with Crippen LogP contribution in [0.1, 0.15) is 72.2 Å². The van der Waals surface area contributed by atoms with Crippen LogP contribution in [0.5, 0.6) is 0 Å². The summed E-state index contributed by atoms with van der Waals surface area (Å²) in [6, 6.07) is 8.65. The molecule has 1 amide bonds. The fraction of sp³-hybridized carbons (Fsp3) is 0.538. The van der Waals surface area contributed by atoms with Crippen LogP contribution in [0.15, 0.2) is 24.3 Å². The minimum Gasteiger partial charge on any atom is -0.356 e. The van der Waals surface area contributed by atoms with Crippen LogP contribution in [0.3, 0.4) is 0 Å². The van der Waals surface area contributed by atoms with Crippen LogP contribution in [-0.4, -0.2) is 43.5 Å². The third kappa shape index (κ3) is 4.93. The van der Waals surface area contributed by atoms with Crippen molar-refractivity contribution in [1.29, 1.82) is 0 Å². The Morgan fingerprint density at radius 2 is 2.00 bits per heavy atom. The highest BCUT2D eigenvalue weighted by molar-refractivity contribution is 5.76. The molecule has 1 atom stereocenters. The maximum absolute atomic E-state index is 12.3. The smallest absolute Gasteiger partial charge is 0.220 e. The summed E-state index contributed by atoms with van der Waals surface area (Å²) in [6.07, 6.45) is 5.95. The molecule has 0 radical (unpaired) electrons. The maximum atomic E-state index is 12.3. The third-order valence-electron chi connectivity index (χ3n) is 7.09. The molecule has 0 unspecified atom stereocenters. The number of aromatic nitrogens is 4. The molecule has 2 fully saturated rings.